The molecule has 2 aliphatic rings. The van der Waals surface area contributed by atoms with Gasteiger partial charge < -0.3 is 29.6 Å². The zero-order chi connectivity index (χ0) is 29.8. The van der Waals surface area contributed by atoms with E-state index in [4.69, 9.17) is 18.9 Å². The number of carbonyl (C=O) groups excluding carboxylic acids is 2. The number of rotatable bonds is 9. The summed E-state index contributed by atoms with van der Waals surface area (Å²) in [7, 11) is 4.80. The number of nitrogens with one attached hydrogen (secondary N) is 2. The minimum Gasteiger partial charge on any atom is -0.497 e. The van der Waals surface area contributed by atoms with Crippen LogP contribution in [0.25, 0.3) is 0 Å². The van der Waals surface area contributed by atoms with Gasteiger partial charge >= 0.3 is 0 Å². The SMILES string of the molecule is CCOc1ccc([C@@H]2C(C(=O)Nc3ccc(OC)cc3)=C(C)NC3=C2C(=O)C[C@H](c2ccc(OC)c(OC)c2)C3)cc1. The van der Waals surface area contributed by atoms with Crippen molar-refractivity contribution < 1.29 is 28.5 Å². The van der Waals surface area contributed by atoms with E-state index < -0.39 is 5.92 Å². The first-order valence-electron chi connectivity index (χ1n) is 14.0. The van der Waals surface area contributed by atoms with Gasteiger partial charge in [-0.25, -0.2) is 0 Å². The molecule has 0 fully saturated rings. The molecule has 0 radical (unpaired) electrons. The topological polar surface area (TPSA) is 95.1 Å². The van der Waals surface area contributed by atoms with Gasteiger partial charge in [0.15, 0.2) is 17.3 Å². The van der Waals surface area contributed by atoms with Gasteiger partial charge in [0.25, 0.3) is 5.91 Å². The van der Waals surface area contributed by atoms with Crippen LogP contribution in [0.15, 0.2) is 89.3 Å². The van der Waals surface area contributed by atoms with Crippen molar-refractivity contribution in [1.82, 2.24) is 5.32 Å². The Labute approximate surface area is 246 Å². The van der Waals surface area contributed by atoms with Gasteiger partial charge in [0.05, 0.1) is 27.9 Å². The molecule has 2 atom stereocenters. The number of allylic oxidation sites excluding steroid dienone is 3. The Morgan fingerprint density at radius 3 is 2.17 bits per heavy atom. The van der Waals surface area contributed by atoms with E-state index in [0.717, 1.165) is 22.6 Å². The number of methoxy groups -OCH3 is 3. The maximum atomic E-state index is 14.0. The van der Waals surface area contributed by atoms with Crippen molar-refractivity contribution in [2.45, 2.75) is 38.5 Å². The Bertz CT molecular complexity index is 1540. The van der Waals surface area contributed by atoms with E-state index >= 15 is 0 Å². The fourth-order valence-corrected chi connectivity index (χ4v) is 5.81. The third-order valence-electron chi connectivity index (χ3n) is 7.82. The number of benzene rings is 3. The Morgan fingerprint density at radius 1 is 0.857 bits per heavy atom. The number of ketones is 1. The Morgan fingerprint density at radius 2 is 1.52 bits per heavy atom. The summed E-state index contributed by atoms with van der Waals surface area (Å²) in [6.45, 7) is 4.37. The number of Topliss-reactive ketones (excluding diaryl/α,β-unsaturated/α-hetero) is 1. The van der Waals surface area contributed by atoms with Crippen LogP contribution < -0.4 is 29.6 Å². The molecule has 2 N–H and O–H groups in total. The molecular weight excluding hydrogens is 532 g/mol. The summed E-state index contributed by atoms with van der Waals surface area (Å²) in [5.74, 6) is 1.84. The molecule has 218 valence electrons. The lowest BCUT2D eigenvalue weighted by Crippen LogP contribution is -2.37. The number of hydrogen-bond acceptors (Lipinski definition) is 7. The fraction of sp³-hybridized carbons (Fsp3) is 0.294. The monoisotopic (exact) mass is 568 g/mol. The van der Waals surface area contributed by atoms with E-state index in [9.17, 15) is 9.59 Å². The number of amides is 1. The van der Waals surface area contributed by atoms with Crippen LogP contribution in [0.2, 0.25) is 0 Å². The predicted octanol–water partition coefficient (Wildman–Crippen LogP) is 6.11. The lowest BCUT2D eigenvalue weighted by Gasteiger charge is -2.37. The third kappa shape index (κ3) is 5.70. The van der Waals surface area contributed by atoms with E-state index in [1.54, 1.807) is 45.6 Å². The van der Waals surface area contributed by atoms with Crippen molar-refractivity contribution in [3.05, 3.63) is 100 Å². The molecule has 0 unspecified atom stereocenters. The second-order valence-electron chi connectivity index (χ2n) is 10.3. The minimum atomic E-state index is -0.533. The highest BCUT2D eigenvalue weighted by atomic mass is 16.5. The van der Waals surface area contributed by atoms with Gasteiger partial charge in [0, 0.05) is 40.6 Å². The molecule has 8 nitrogen and oxygen atoms in total. The number of ether oxygens (including phenoxy) is 4. The van der Waals surface area contributed by atoms with Crippen molar-refractivity contribution >= 4 is 17.4 Å². The highest BCUT2D eigenvalue weighted by Crippen LogP contribution is 2.46. The average molecular weight is 569 g/mol. The van der Waals surface area contributed by atoms with Gasteiger partial charge in [0.2, 0.25) is 0 Å². The highest BCUT2D eigenvalue weighted by Gasteiger charge is 2.41. The Balaban J connectivity index is 1.52. The van der Waals surface area contributed by atoms with Gasteiger partial charge in [0.1, 0.15) is 11.5 Å². The van der Waals surface area contributed by atoms with Crippen LogP contribution in [0.1, 0.15) is 49.7 Å². The Hall–Kier alpha value is -4.72. The van der Waals surface area contributed by atoms with Gasteiger partial charge in [-0.3, -0.25) is 9.59 Å². The standard InChI is InChI=1S/C34H36N2O6/c1-6-42-26-12-7-21(8-13-26)32-31(34(38)36-24-10-14-25(39-3)15-11-24)20(2)35-27-17-23(18-28(37)33(27)32)22-9-16-29(40-4)30(19-22)41-5/h7-16,19,23,32,35H,6,17-18H2,1-5H3,(H,36,38)/t23-,32-/m1/s1. The first-order valence-corrected chi connectivity index (χ1v) is 14.0. The molecule has 0 aromatic heterocycles. The van der Waals surface area contributed by atoms with Crippen molar-refractivity contribution in [2.75, 3.05) is 33.3 Å². The summed E-state index contributed by atoms with van der Waals surface area (Å²) in [6.07, 6.45) is 0.935. The molecule has 0 saturated heterocycles. The summed E-state index contributed by atoms with van der Waals surface area (Å²) in [6, 6.07) is 20.6. The van der Waals surface area contributed by atoms with Crippen LogP contribution >= 0.6 is 0 Å². The molecule has 5 rings (SSSR count). The maximum Gasteiger partial charge on any atom is 0.254 e. The van der Waals surface area contributed by atoms with Crippen molar-refractivity contribution in [3.8, 4) is 23.0 Å². The number of dihydropyridines is 1. The van der Waals surface area contributed by atoms with E-state index in [2.05, 4.69) is 10.6 Å². The molecule has 1 amide bonds. The third-order valence-corrected chi connectivity index (χ3v) is 7.82. The van der Waals surface area contributed by atoms with Crippen LogP contribution in [0.4, 0.5) is 5.69 Å². The molecule has 1 aliphatic carbocycles. The minimum absolute atomic E-state index is 0.00432. The van der Waals surface area contributed by atoms with Gasteiger partial charge in [-0.05, 0) is 85.8 Å². The van der Waals surface area contributed by atoms with Gasteiger partial charge in [-0.1, -0.05) is 18.2 Å². The molecule has 0 saturated carbocycles. The molecular formula is C34H36N2O6. The maximum absolute atomic E-state index is 14.0. The summed E-state index contributed by atoms with van der Waals surface area (Å²) in [5.41, 5.74) is 5.16. The largest absolute Gasteiger partial charge is 0.497 e. The van der Waals surface area contributed by atoms with Crippen molar-refractivity contribution in [1.29, 1.82) is 0 Å². The smallest absolute Gasteiger partial charge is 0.254 e. The Kier molecular flexibility index (Phi) is 8.52. The second kappa shape index (κ2) is 12.4. The van der Waals surface area contributed by atoms with Crippen molar-refractivity contribution in [3.63, 3.8) is 0 Å². The van der Waals surface area contributed by atoms with Crippen LogP contribution in [0.5, 0.6) is 23.0 Å². The molecule has 42 heavy (non-hydrogen) atoms. The van der Waals surface area contributed by atoms with E-state index in [1.165, 1.54) is 0 Å². The molecule has 0 bridgehead atoms. The van der Waals surface area contributed by atoms with Gasteiger partial charge in [-0.2, -0.15) is 0 Å². The molecule has 1 heterocycles. The number of anilines is 1. The molecule has 1 aliphatic heterocycles. The lowest BCUT2D eigenvalue weighted by atomic mass is 9.71. The van der Waals surface area contributed by atoms with E-state index in [0.29, 0.717) is 59.2 Å². The zero-order valence-electron chi connectivity index (χ0n) is 24.6. The quantitative estimate of drug-likeness (QED) is 0.322. The lowest BCUT2D eigenvalue weighted by molar-refractivity contribution is -0.116. The molecule has 0 spiro atoms. The van der Waals surface area contributed by atoms with Crippen LogP contribution in [0.3, 0.4) is 0 Å². The fourth-order valence-electron chi connectivity index (χ4n) is 5.81. The molecule has 3 aromatic carbocycles. The second-order valence-corrected chi connectivity index (χ2v) is 10.3. The van der Waals surface area contributed by atoms with Crippen molar-refractivity contribution in [2.24, 2.45) is 0 Å². The highest BCUT2D eigenvalue weighted by molar-refractivity contribution is 6.10. The van der Waals surface area contributed by atoms with Crippen LogP contribution in [0, 0.1) is 0 Å². The first-order chi connectivity index (χ1) is 20.4. The van der Waals surface area contributed by atoms with Crippen LogP contribution in [-0.2, 0) is 9.59 Å². The first kappa shape index (κ1) is 28.8. The van der Waals surface area contributed by atoms with Crippen LogP contribution in [-0.4, -0.2) is 39.6 Å². The predicted molar refractivity (Wildman–Crippen MR) is 161 cm³/mol. The summed E-state index contributed by atoms with van der Waals surface area (Å²) in [5, 5.41) is 6.46. The number of carbonyl (C=O) groups is 2. The van der Waals surface area contributed by atoms with Gasteiger partial charge in [-0.15, -0.1) is 0 Å². The normalized spacial score (nSPS) is 18.2. The summed E-state index contributed by atoms with van der Waals surface area (Å²) < 4.78 is 21.8. The summed E-state index contributed by atoms with van der Waals surface area (Å²) in [4.78, 5) is 27.9. The molecule has 3 aromatic rings. The average Bonchev–Trinajstić information content (AvgIpc) is 3.00. The zero-order valence-corrected chi connectivity index (χ0v) is 24.6. The number of hydrogen-bond donors (Lipinski definition) is 2. The molecule has 8 heteroatoms. The summed E-state index contributed by atoms with van der Waals surface area (Å²) >= 11 is 0. The van der Waals surface area contributed by atoms with E-state index in [1.807, 2.05) is 56.3 Å². The van der Waals surface area contributed by atoms with E-state index in [-0.39, 0.29) is 17.6 Å².